The van der Waals surface area contributed by atoms with Gasteiger partial charge in [-0.1, -0.05) is 23.7 Å². The molecule has 1 atom stereocenters. The van der Waals surface area contributed by atoms with Crippen molar-refractivity contribution in [1.82, 2.24) is 15.1 Å². The summed E-state index contributed by atoms with van der Waals surface area (Å²) in [6, 6.07) is 7.67. The van der Waals surface area contributed by atoms with Crippen molar-refractivity contribution in [1.29, 1.82) is 0 Å². The summed E-state index contributed by atoms with van der Waals surface area (Å²) in [5, 5.41) is 3.92. The van der Waals surface area contributed by atoms with Crippen molar-refractivity contribution in [3.8, 4) is 0 Å². The monoisotopic (exact) mass is 391 g/mol. The van der Waals surface area contributed by atoms with E-state index < -0.39 is 0 Å². The zero-order valence-corrected chi connectivity index (χ0v) is 16.2. The zero-order valence-electron chi connectivity index (χ0n) is 15.5. The lowest BCUT2D eigenvalue weighted by molar-refractivity contribution is -0.147. The molecule has 27 heavy (non-hydrogen) atoms. The van der Waals surface area contributed by atoms with E-state index >= 15 is 0 Å². The third-order valence-corrected chi connectivity index (χ3v) is 6.28. The highest BCUT2D eigenvalue weighted by Gasteiger charge is 2.45. The fourth-order valence-corrected chi connectivity index (χ4v) is 4.53. The highest BCUT2D eigenvalue weighted by atomic mass is 35.5. The molecule has 3 saturated heterocycles. The number of morpholine rings is 1. The van der Waals surface area contributed by atoms with E-state index in [9.17, 15) is 9.59 Å². The smallest absolute Gasteiger partial charge is 0.253 e. The molecule has 4 rings (SSSR count). The van der Waals surface area contributed by atoms with Crippen LogP contribution in [-0.4, -0.2) is 67.0 Å². The van der Waals surface area contributed by atoms with Crippen LogP contribution in [0.5, 0.6) is 0 Å². The molecule has 3 aliphatic rings. The van der Waals surface area contributed by atoms with Gasteiger partial charge in [0.2, 0.25) is 5.91 Å². The molecule has 3 fully saturated rings. The third kappa shape index (κ3) is 4.13. The molecule has 6 nitrogen and oxygen atoms in total. The first kappa shape index (κ1) is 18.7. The lowest BCUT2D eigenvalue weighted by Crippen LogP contribution is -2.52. The number of hydrogen-bond acceptors (Lipinski definition) is 4. The second-order valence-corrected chi connectivity index (χ2v) is 8.38. The molecule has 0 radical (unpaired) electrons. The highest BCUT2D eigenvalue weighted by molar-refractivity contribution is 6.30. The molecular weight excluding hydrogens is 366 g/mol. The van der Waals surface area contributed by atoms with Crippen LogP contribution in [0.4, 0.5) is 0 Å². The van der Waals surface area contributed by atoms with Gasteiger partial charge in [-0.2, -0.15) is 0 Å². The van der Waals surface area contributed by atoms with E-state index in [0.29, 0.717) is 44.2 Å². The van der Waals surface area contributed by atoms with E-state index in [0.717, 1.165) is 31.5 Å². The lowest BCUT2D eigenvalue weighted by Gasteiger charge is -2.40. The minimum absolute atomic E-state index is 0.00591. The summed E-state index contributed by atoms with van der Waals surface area (Å²) in [6.07, 6.45) is 1.98. The minimum Gasteiger partial charge on any atom is -0.366 e. The van der Waals surface area contributed by atoms with Gasteiger partial charge in [-0.3, -0.25) is 9.59 Å². The molecule has 0 saturated carbocycles. The Labute approximate surface area is 164 Å². The van der Waals surface area contributed by atoms with Gasteiger partial charge >= 0.3 is 0 Å². The molecule has 7 heteroatoms. The molecule has 1 aromatic rings. The molecule has 0 unspecified atom stereocenters. The Hall–Kier alpha value is -1.63. The van der Waals surface area contributed by atoms with E-state index in [-0.39, 0.29) is 23.3 Å². The van der Waals surface area contributed by atoms with Crippen molar-refractivity contribution in [3.63, 3.8) is 0 Å². The van der Waals surface area contributed by atoms with Gasteiger partial charge in [0.15, 0.2) is 0 Å². The van der Waals surface area contributed by atoms with Gasteiger partial charge in [-0.05, 0) is 30.5 Å². The fourth-order valence-electron chi connectivity index (χ4n) is 4.40. The molecule has 146 valence electrons. The molecule has 1 N–H and O–H groups in total. The molecule has 3 aliphatic heterocycles. The number of likely N-dealkylation sites (tertiary alicyclic amines) is 2. The van der Waals surface area contributed by atoms with Crippen LogP contribution in [-0.2, 0) is 20.9 Å². The van der Waals surface area contributed by atoms with Crippen LogP contribution in [0, 0.1) is 5.41 Å². The van der Waals surface area contributed by atoms with Crippen molar-refractivity contribution < 1.29 is 14.3 Å². The number of piperidine rings is 1. The normalized spacial score (nSPS) is 25.2. The maximum absolute atomic E-state index is 12.6. The Kier molecular flexibility index (Phi) is 5.39. The average molecular weight is 392 g/mol. The summed E-state index contributed by atoms with van der Waals surface area (Å²) in [5.74, 6) is 0.295. The van der Waals surface area contributed by atoms with Gasteiger partial charge in [0.05, 0.1) is 6.61 Å². The summed E-state index contributed by atoms with van der Waals surface area (Å²) in [6.45, 7) is 4.80. The van der Waals surface area contributed by atoms with Crippen molar-refractivity contribution in [3.05, 3.63) is 34.9 Å². The number of halogens is 1. The van der Waals surface area contributed by atoms with E-state index in [2.05, 4.69) is 5.32 Å². The summed E-state index contributed by atoms with van der Waals surface area (Å²) in [7, 11) is 0. The van der Waals surface area contributed by atoms with E-state index in [1.54, 1.807) is 0 Å². The molecule has 0 bridgehead atoms. The minimum atomic E-state index is -0.362. The number of carbonyl (C=O) groups is 2. The molecule has 1 aromatic carbocycles. The third-order valence-electron chi connectivity index (χ3n) is 6.03. The summed E-state index contributed by atoms with van der Waals surface area (Å²) in [4.78, 5) is 29.1. The van der Waals surface area contributed by atoms with Crippen LogP contribution in [0.25, 0.3) is 0 Å². The topological polar surface area (TPSA) is 61.9 Å². The number of rotatable bonds is 3. The van der Waals surface area contributed by atoms with Gasteiger partial charge < -0.3 is 19.9 Å². The summed E-state index contributed by atoms with van der Waals surface area (Å²) >= 11 is 5.94. The molecular formula is C20H26ClN3O3. The van der Waals surface area contributed by atoms with Gasteiger partial charge in [0.25, 0.3) is 5.91 Å². The first-order valence-electron chi connectivity index (χ1n) is 9.68. The number of hydrogen-bond donors (Lipinski definition) is 1. The van der Waals surface area contributed by atoms with Crippen molar-refractivity contribution >= 4 is 23.4 Å². The molecule has 1 spiro atoms. The number of ether oxygens (including phenoxy) is 1. The number of benzene rings is 1. The largest absolute Gasteiger partial charge is 0.366 e. The number of carbonyl (C=O) groups excluding carboxylic acids is 2. The second-order valence-electron chi connectivity index (χ2n) is 7.94. The van der Waals surface area contributed by atoms with Crippen LogP contribution in [0.3, 0.4) is 0 Å². The first-order valence-corrected chi connectivity index (χ1v) is 10.1. The first-order chi connectivity index (χ1) is 13.0. The predicted molar refractivity (Wildman–Crippen MR) is 102 cm³/mol. The van der Waals surface area contributed by atoms with Crippen LogP contribution in [0.15, 0.2) is 24.3 Å². The highest BCUT2D eigenvalue weighted by Crippen LogP contribution is 2.41. The van der Waals surface area contributed by atoms with Gasteiger partial charge in [0.1, 0.15) is 6.10 Å². The van der Waals surface area contributed by atoms with E-state index in [1.807, 2.05) is 34.1 Å². The second kappa shape index (κ2) is 7.78. The number of nitrogens with zero attached hydrogens (tertiary/aromatic N) is 2. The van der Waals surface area contributed by atoms with Gasteiger partial charge in [-0.15, -0.1) is 0 Å². The van der Waals surface area contributed by atoms with Crippen LogP contribution >= 0.6 is 11.6 Å². The van der Waals surface area contributed by atoms with Crippen LogP contribution < -0.4 is 5.32 Å². The quantitative estimate of drug-likeness (QED) is 0.851. The Morgan fingerprint density at radius 2 is 2.00 bits per heavy atom. The standard InChI is InChI=1S/C20H26ClN3O3/c21-16-3-1-15(2-4-16)13-24-14-20(11-18(24)25)5-8-23(9-6-20)19(26)17-12-22-7-10-27-17/h1-4,17,22H,5-14H2/t17-/m1/s1. The molecule has 2 amide bonds. The van der Waals surface area contributed by atoms with Crippen molar-refractivity contribution in [2.45, 2.75) is 31.9 Å². The van der Waals surface area contributed by atoms with Crippen LogP contribution in [0.1, 0.15) is 24.8 Å². The molecule has 0 aromatic heterocycles. The predicted octanol–water partition coefficient (Wildman–Crippen LogP) is 1.67. The molecule has 3 heterocycles. The Bertz CT molecular complexity index is 695. The van der Waals surface area contributed by atoms with Gasteiger partial charge in [0, 0.05) is 56.1 Å². The van der Waals surface area contributed by atoms with E-state index in [1.165, 1.54) is 0 Å². The fraction of sp³-hybridized carbons (Fsp3) is 0.600. The Morgan fingerprint density at radius 3 is 2.67 bits per heavy atom. The summed E-state index contributed by atoms with van der Waals surface area (Å²) < 4.78 is 5.59. The lowest BCUT2D eigenvalue weighted by atomic mass is 9.77. The number of nitrogens with one attached hydrogen (secondary N) is 1. The van der Waals surface area contributed by atoms with E-state index in [4.69, 9.17) is 16.3 Å². The Balaban J connectivity index is 1.33. The van der Waals surface area contributed by atoms with Crippen molar-refractivity contribution in [2.75, 3.05) is 39.3 Å². The SMILES string of the molecule is O=C1CC2(CCN(C(=O)[C@H]3CNCCO3)CC2)CN1Cc1ccc(Cl)cc1. The average Bonchev–Trinajstić information content (AvgIpc) is 2.99. The Morgan fingerprint density at radius 1 is 1.26 bits per heavy atom. The molecule has 0 aliphatic carbocycles. The maximum atomic E-state index is 12.6. The van der Waals surface area contributed by atoms with Crippen molar-refractivity contribution in [2.24, 2.45) is 5.41 Å². The maximum Gasteiger partial charge on any atom is 0.253 e. The number of amides is 2. The van der Waals surface area contributed by atoms with Gasteiger partial charge in [-0.25, -0.2) is 0 Å². The zero-order chi connectivity index (χ0) is 18.9. The summed E-state index contributed by atoms with van der Waals surface area (Å²) in [5.41, 5.74) is 1.10. The van der Waals surface area contributed by atoms with Crippen LogP contribution in [0.2, 0.25) is 5.02 Å².